The van der Waals surface area contributed by atoms with E-state index in [1.807, 2.05) is 41.1 Å². The van der Waals surface area contributed by atoms with Gasteiger partial charge >= 0.3 is 0 Å². The van der Waals surface area contributed by atoms with Gasteiger partial charge in [0.25, 0.3) is 0 Å². The number of rotatable bonds is 8. The number of aryl methyl sites for hydroxylation is 1. The molecule has 2 heterocycles. The van der Waals surface area contributed by atoms with Crippen LogP contribution in [0.1, 0.15) is 25.1 Å². The Morgan fingerprint density at radius 3 is 2.81 bits per heavy atom. The van der Waals surface area contributed by atoms with Gasteiger partial charge in [0, 0.05) is 39.0 Å². The largest absolute Gasteiger partial charge is 0.395 e. The van der Waals surface area contributed by atoms with Gasteiger partial charge in [0.15, 0.2) is 0 Å². The number of nitrogens with zero attached hydrogens (tertiary/aromatic N) is 3. The van der Waals surface area contributed by atoms with E-state index in [0.29, 0.717) is 39.0 Å². The van der Waals surface area contributed by atoms with E-state index in [2.05, 4.69) is 9.97 Å². The van der Waals surface area contributed by atoms with Gasteiger partial charge in [-0.3, -0.25) is 4.79 Å². The van der Waals surface area contributed by atoms with E-state index in [0.717, 1.165) is 29.7 Å². The van der Waals surface area contributed by atoms with Gasteiger partial charge in [0.1, 0.15) is 5.82 Å². The minimum absolute atomic E-state index is 0.0986. The summed E-state index contributed by atoms with van der Waals surface area (Å²) >= 11 is 0. The van der Waals surface area contributed by atoms with Gasteiger partial charge in [-0.25, -0.2) is 4.98 Å². The molecule has 27 heavy (non-hydrogen) atoms. The summed E-state index contributed by atoms with van der Waals surface area (Å²) in [7, 11) is 1.90. The molecule has 1 aromatic heterocycles. The number of aromatic amines is 1. The number of carbonyl (C=O) groups is 1. The number of amides is 1. The number of aliphatic hydroxyl groups excluding tert-OH is 2. The highest BCUT2D eigenvalue weighted by Gasteiger charge is 2.27. The molecule has 0 spiro atoms. The lowest BCUT2D eigenvalue weighted by molar-refractivity contribution is -0.133. The Balaban J connectivity index is 1.43. The predicted octanol–water partition coefficient (Wildman–Crippen LogP) is 1.02. The van der Waals surface area contributed by atoms with Gasteiger partial charge in [-0.2, -0.15) is 0 Å². The number of H-pyrrole nitrogens is 1. The lowest BCUT2D eigenvalue weighted by atomic mass is 9.90. The van der Waals surface area contributed by atoms with E-state index < -0.39 is 6.10 Å². The van der Waals surface area contributed by atoms with E-state index >= 15 is 0 Å². The highest BCUT2D eigenvalue weighted by Crippen LogP contribution is 2.22. The van der Waals surface area contributed by atoms with Crippen LogP contribution in [0, 0.1) is 5.92 Å². The van der Waals surface area contributed by atoms with E-state index in [1.54, 1.807) is 0 Å². The van der Waals surface area contributed by atoms with Crippen LogP contribution in [0.4, 0.5) is 0 Å². The summed E-state index contributed by atoms with van der Waals surface area (Å²) in [6.07, 6.45) is 2.30. The summed E-state index contributed by atoms with van der Waals surface area (Å²) < 4.78 is 0. The Kier molecular flexibility index (Phi) is 6.82. The molecule has 0 bridgehead atoms. The first kappa shape index (κ1) is 19.8. The number of imidazole rings is 1. The highest BCUT2D eigenvalue weighted by atomic mass is 16.3. The smallest absolute Gasteiger partial charge is 0.223 e. The summed E-state index contributed by atoms with van der Waals surface area (Å²) in [5, 5.41) is 19.3. The molecule has 1 amide bonds. The number of likely N-dealkylation sites (tertiary alicyclic amines) is 1. The van der Waals surface area contributed by atoms with Crippen LogP contribution >= 0.6 is 0 Å². The van der Waals surface area contributed by atoms with Gasteiger partial charge in [-0.15, -0.1) is 0 Å². The molecule has 1 aromatic carbocycles. The Labute approximate surface area is 160 Å². The average molecular weight is 374 g/mol. The molecule has 0 saturated carbocycles. The molecular formula is C20H30N4O3. The van der Waals surface area contributed by atoms with E-state index in [-0.39, 0.29) is 18.4 Å². The number of hydrogen-bond acceptors (Lipinski definition) is 5. The summed E-state index contributed by atoms with van der Waals surface area (Å²) in [6.45, 7) is 2.62. The second-order valence-electron chi connectivity index (χ2n) is 7.47. The van der Waals surface area contributed by atoms with Crippen LogP contribution in [-0.2, 0) is 11.2 Å². The maximum Gasteiger partial charge on any atom is 0.223 e. The molecule has 1 atom stereocenters. The Morgan fingerprint density at radius 1 is 1.37 bits per heavy atom. The third-order valence-electron chi connectivity index (χ3n) is 5.43. The predicted molar refractivity (Wildman–Crippen MR) is 104 cm³/mol. The second kappa shape index (κ2) is 9.30. The summed E-state index contributed by atoms with van der Waals surface area (Å²) in [5.74, 6) is 1.22. The number of likely N-dealkylation sites (N-methyl/N-ethyl adjacent to an activating group) is 1. The molecule has 1 unspecified atom stereocenters. The van der Waals surface area contributed by atoms with Gasteiger partial charge in [0.2, 0.25) is 5.91 Å². The third kappa shape index (κ3) is 5.28. The molecule has 2 aromatic rings. The molecule has 1 fully saturated rings. The maximum absolute atomic E-state index is 12.5. The van der Waals surface area contributed by atoms with E-state index in [1.165, 1.54) is 0 Å². The average Bonchev–Trinajstić information content (AvgIpc) is 3.09. The molecule has 148 valence electrons. The molecule has 1 aliphatic heterocycles. The summed E-state index contributed by atoms with van der Waals surface area (Å²) in [6, 6.07) is 7.88. The van der Waals surface area contributed by atoms with Crippen molar-refractivity contribution in [3.05, 3.63) is 30.1 Å². The van der Waals surface area contributed by atoms with E-state index in [9.17, 15) is 9.90 Å². The minimum atomic E-state index is -0.408. The van der Waals surface area contributed by atoms with Crippen molar-refractivity contribution >= 4 is 16.9 Å². The first-order valence-corrected chi connectivity index (χ1v) is 9.75. The van der Waals surface area contributed by atoms with Crippen molar-refractivity contribution in [3.63, 3.8) is 0 Å². The first-order chi connectivity index (χ1) is 13.1. The van der Waals surface area contributed by atoms with Crippen molar-refractivity contribution in [2.75, 3.05) is 39.8 Å². The van der Waals surface area contributed by atoms with Crippen molar-refractivity contribution in [3.8, 4) is 0 Å². The standard InChI is InChI=1S/C20H30N4O3/c1-23(12-13-25)14-18(26)15-8-10-24(11-9-15)20(27)7-6-19-21-16-4-2-3-5-17(16)22-19/h2-5,15,18,25-26H,6-14H2,1H3,(H,21,22). The molecule has 0 aliphatic carbocycles. The molecule has 7 heteroatoms. The maximum atomic E-state index is 12.5. The number of nitrogens with one attached hydrogen (secondary N) is 1. The Morgan fingerprint density at radius 2 is 2.11 bits per heavy atom. The molecular weight excluding hydrogens is 344 g/mol. The Bertz CT molecular complexity index is 707. The number of fused-ring (bicyclic) bond motifs is 1. The zero-order valence-electron chi connectivity index (χ0n) is 16.0. The van der Waals surface area contributed by atoms with Gasteiger partial charge in [-0.1, -0.05) is 12.1 Å². The fraction of sp³-hybridized carbons (Fsp3) is 0.600. The highest BCUT2D eigenvalue weighted by molar-refractivity contribution is 5.77. The van der Waals surface area contributed by atoms with Crippen molar-refractivity contribution in [1.82, 2.24) is 19.8 Å². The quantitative estimate of drug-likeness (QED) is 0.642. The number of aliphatic hydroxyl groups is 2. The van der Waals surface area contributed by atoms with Crippen LogP contribution in [0.25, 0.3) is 11.0 Å². The monoisotopic (exact) mass is 374 g/mol. The van der Waals surface area contributed by atoms with Crippen LogP contribution in [0.3, 0.4) is 0 Å². The zero-order chi connectivity index (χ0) is 19.2. The van der Waals surface area contributed by atoms with Gasteiger partial charge in [-0.05, 0) is 37.9 Å². The third-order valence-corrected chi connectivity index (χ3v) is 5.43. The normalized spacial score (nSPS) is 17.0. The molecule has 1 aliphatic rings. The molecule has 7 nitrogen and oxygen atoms in total. The number of benzene rings is 1. The zero-order valence-corrected chi connectivity index (χ0v) is 16.0. The molecule has 1 saturated heterocycles. The van der Waals surface area contributed by atoms with Crippen LogP contribution in [0.2, 0.25) is 0 Å². The van der Waals surface area contributed by atoms with Crippen LogP contribution in [0.15, 0.2) is 24.3 Å². The van der Waals surface area contributed by atoms with Gasteiger partial charge in [0.05, 0.1) is 23.7 Å². The molecule has 3 N–H and O–H groups in total. The van der Waals surface area contributed by atoms with Crippen LogP contribution in [-0.4, -0.2) is 81.8 Å². The van der Waals surface area contributed by atoms with Crippen molar-refractivity contribution in [2.45, 2.75) is 31.8 Å². The number of carbonyl (C=O) groups excluding carboxylic acids is 1. The van der Waals surface area contributed by atoms with Crippen molar-refractivity contribution in [2.24, 2.45) is 5.92 Å². The van der Waals surface area contributed by atoms with Crippen molar-refractivity contribution in [1.29, 1.82) is 0 Å². The first-order valence-electron chi connectivity index (χ1n) is 9.75. The van der Waals surface area contributed by atoms with Gasteiger partial charge < -0.3 is 25.0 Å². The fourth-order valence-electron chi connectivity index (χ4n) is 3.77. The number of para-hydroxylation sites is 2. The summed E-state index contributed by atoms with van der Waals surface area (Å²) in [5.41, 5.74) is 1.93. The molecule has 0 radical (unpaired) electrons. The fourth-order valence-corrected chi connectivity index (χ4v) is 3.77. The number of aromatic nitrogens is 2. The number of piperidine rings is 1. The lowest BCUT2D eigenvalue weighted by Gasteiger charge is -2.35. The Hall–Kier alpha value is -1.96. The SMILES string of the molecule is CN(CCO)CC(O)C1CCN(C(=O)CCc2nc3ccccc3[nH]2)CC1. The minimum Gasteiger partial charge on any atom is -0.395 e. The second-order valence-corrected chi connectivity index (χ2v) is 7.47. The van der Waals surface area contributed by atoms with E-state index in [4.69, 9.17) is 5.11 Å². The van der Waals surface area contributed by atoms with Crippen LogP contribution < -0.4 is 0 Å². The lowest BCUT2D eigenvalue weighted by Crippen LogP contribution is -2.44. The number of hydrogen-bond donors (Lipinski definition) is 3. The summed E-state index contributed by atoms with van der Waals surface area (Å²) in [4.78, 5) is 24.2. The molecule has 3 rings (SSSR count). The topological polar surface area (TPSA) is 92.7 Å². The van der Waals surface area contributed by atoms with Crippen LogP contribution in [0.5, 0.6) is 0 Å². The van der Waals surface area contributed by atoms with Crippen molar-refractivity contribution < 1.29 is 15.0 Å².